The number of carbonyl (C=O) groups is 1. The number of amides is 1. The smallest absolute Gasteiger partial charge is 0.357 e. The van der Waals surface area contributed by atoms with Crippen molar-refractivity contribution in [1.82, 2.24) is 15.5 Å². The Morgan fingerprint density at radius 1 is 1.21 bits per heavy atom. The van der Waals surface area contributed by atoms with Crippen LogP contribution in [0.25, 0.3) is 0 Å². The Labute approximate surface area is 164 Å². The molecular formula is C20H29F3N4O. The van der Waals surface area contributed by atoms with Gasteiger partial charge >= 0.3 is 6.18 Å². The number of hydrogen-bond acceptors (Lipinski definition) is 2. The molecule has 1 unspecified atom stereocenters. The average Bonchev–Trinajstić information content (AvgIpc) is 2.66. The largest absolute Gasteiger partial charge is 0.416 e. The lowest BCUT2D eigenvalue weighted by Gasteiger charge is -2.33. The van der Waals surface area contributed by atoms with Crippen molar-refractivity contribution in [2.75, 3.05) is 19.6 Å². The molecule has 1 aromatic carbocycles. The molecule has 5 nitrogen and oxygen atoms in total. The van der Waals surface area contributed by atoms with Crippen LogP contribution in [0, 0.1) is 0 Å². The standard InChI is InChI=1S/C20H29F3N4O/c1-3-24-19(25-12-11-18(28)27-13-5-4-6-15(27)2)26-14-16-7-9-17(10-8-16)20(21,22)23/h7-10,15H,3-6,11-14H2,1-2H3,(H2,24,25,26). The van der Waals surface area contributed by atoms with Gasteiger partial charge in [-0.3, -0.25) is 4.79 Å². The highest BCUT2D eigenvalue weighted by Crippen LogP contribution is 2.29. The van der Waals surface area contributed by atoms with E-state index in [9.17, 15) is 18.0 Å². The minimum Gasteiger partial charge on any atom is -0.357 e. The van der Waals surface area contributed by atoms with Crippen LogP contribution in [-0.2, 0) is 17.5 Å². The minimum atomic E-state index is -4.34. The van der Waals surface area contributed by atoms with E-state index in [-0.39, 0.29) is 12.5 Å². The minimum absolute atomic E-state index is 0.137. The summed E-state index contributed by atoms with van der Waals surface area (Å²) in [4.78, 5) is 18.7. The lowest BCUT2D eigenvalue weighted by atomic mass is 10.0. The molecule has 0 spiro atoms. The summed E-state index contributed by atoms with van der Waals surface area (Å²) in [6, 6.07) is 5.27. The van der Waals surface area contributed by atoms with Gasteiger partial charge in [-0.15, -0.1) is 0 Å². The zero-order valence-corrected chi connectivity index (χ0v) is 16.5. The van der Waals surface area contributed by atoms with Crippen LogP contribution in [0.2, 0.25) is 0 Å². The van der Waals surface area contributed by atoms with Crippen LogP contribution in [0.4, 0.5) is 13.2 Å². The molecule has 1 aliphatic heterocycles. The highest BCUT2D eigenvalue weighted by molar-refractivity contribution is 5.81. The third-order valence-corrected chi connectivity index (χ3v) is 4.80. The van der Waals surface area contributed by atoms with Crippen molar-refractivity contribution in [1.29, 1.82) is 0 Å². The highest BCUT2D eigenvalue weighted by Gasteiger charge is 2.29. The number of piperidine rings is 1. The van der Waals surface area contributed by atoms with Crippen LogP contribution in [0.15, 0.2) is 29.3 Å². The zero-order valence-electron chi connectivity index (χ0n) is 16.5. The van der Waals surface area contributed by atoms with Crippen molar-refractivity contribution in [3.63, 3.8) is 0 Å². The molecule has 1 saturated heterocycles. The Kier molecular flexibility index (Phi) is 8.14. The Morgan fingerprint density at radius 3 is 2.54 bits per heavy atom. The third-order valence-electron chi connectivity index (χ3n) is 4.80. The molecule has 1 atom stereocenters. The van der Waals surface area contributed by atoms with Gasteiger partial charge in [-0.1, -0.05) is 12.1 Å². The molecule has 2 rings (SSSR count). The maximum atomic E-state index is 12.6. The van der Waals surface area contributed by atoms with Crippen LogP contribution in [0.5, 0.6) is 0 Å². The normalized spacial score (nSPS) is 18.1. The summed E-state index contributed by atoms with van der Waals surface area (Å²) in [5.41, 5.74) is 0.0131. The molecule has 0 aromatic heterocycles. The molecular weight excluding hydrogens is 369 g/mol. The predicted molar refractivity (Wildman–Crippen MR) is 104 cm³/mol. The molecule has 1 fully saturated rings. The van der Waals surface area contributed by atoms with Gasteiger partial charge in [0.2, 0.25) is 5.91 Å². The van der Waals surface area contributed by atoms with E-state index in [1.54, 1.807) is 0 Å². The first kappa shape index (κ1) is 22.0. The number of alkyl halides is 3. The molecule has 1 heterocycles. The fourth-order valence-corrected chi connectivity index (χ4v) is 3.21. The van der Waals surface area contributed by atoms with Crippen molar-refractivity contribution in [3.05, 3.63) is 35.4 Å². The van der Waals surface area contributed by atoms with Gasteiger partial charge in [0.1, 0.15) is 0 Å². The molecule has 1 amide bonds. The van der Waals surface area contributed by atoms with Crippen LogP contribution >= 0.6 is 0 Å². The van der Waals surface area contributed by atoms with E-state index in [0.717, 1.165) is 31.5 Å². The molecule has 1 aromatic rings. The summed E-state index contributed by atoms with van der Waals surface area (Å²) in [7, 11) is 0. The number of aliphatic imine (C=N–C) groups is 1. The van der Waals surface area contributed by atoms with Crippen molar-refractivity contribution in [2.45, 2.75) is 58.3 Å². The second-order valence-electron chi connectivity index (χ2n) is 7.00. The summed E-state index contributed by atoms with van der Waals surface area (Å²) >= 11 is 0. The maximum Gasteiger partial charge on any atom is 0.416 e. The Hall–Kier alpha value is -2.25. The first-order valence-electron chi connectivity index (χ1n) is 9.79. The number of rotatable bonds is 6. The van der Waals surface area contributed by atoms with Gasteiger partial charge in [0.05, 0.1) is 12.1 Å². The van der Waals surface area contributed by atoms with E-state index in [0.29, 0.717) is 37.1 Å². The molecule has 8 heteroatoms. The fourth-order valence-electron chi connectivity index (χ4n) is 3.21. The summed E-state index contributed by atoms with van der Waals surface area (Å²) in [5, 5.41) is 6.21. The average molecular weight is 398 g/mol. The number of halogens is 3. The number of nitrogens with one attached hydrogen (secondary N) is 2. The van der Waals surface area contributed by atoms with E-state index in [4.69, 9.17) is 0 Å². The second kappa shape index (κ2) is 10.3. The molecule has 0 saturated carbocycles. The fraction of sp³-hybridized carbons (Fsp3) is 0.600. The number of benzene rings is 1. The molecule has 0 radical (unpaired) electrons. The Morgan fingerprint density at radius 2 is 1.93 bits per heavy atom. The molecule has 28 heavy (non-hydrogen) atoms. The van der Waals surface area contributed by atoms with E-state index in [1.165, 1.54) is 18.6 Å². The van der Waals surface area contributed by atoms with E-state index in [1.807, 2.05) is 11.8 Å². The van der Waals surface area contributed by atoms with E-state index < -0.39 is 11.7 Å². The Bertz CT molecular complexity index is 658. The molecule has 1 aliphatic rings. The van der Waals surface area contributed by atoms with Gasteiger partial charge in [-0.2, -0.15) is 13.2 Å². The van der Waals surface area contributed by atoms with Crippen molar-refractivity contribution in [3.8, 4) is 0 Å². The van der Waals surface area contributed by atoms with Gasteiger partial charge in [-0.25, -0.2) is 4.99 Å². The summed E-state index contributed by atoms with van der Waals surface area (Å²) < 4.78 is 37.9. The SMILES string of the molecule is CCNC(=NCc1ccc(C(F)(F)F)cc1)NCCC(=O)N1CCCCC1C. The number of likely N-dealkylation sites (tertiary alicyclic amines) is 1. The van der Waals surface area contributed by atoms with Crippen LogP contribution in [-0.4, -0.2) is 42.4 Å². The topological polar surface area (TPSA) is 56.7 Å². The number of nitrogens with zero attached hydrogens (tertiary/aromatic N) is 2. The number of hydrogen-bond donors (Lipinski definition) is 2. The quantitative estimate of drug-likeness (QED) is 0.569. The molecule has 0 bridgehead atoms. The van der Waals surface area contributed by atoms with E-state index in [2.05, 4.69) is 22.5 Å². The van der Waals surface area contributed by atoms with Gasteiger partial charge < -0.3 is 15.5 Å². The highest BCUT2D eigenvalue weighted by atomic mass is 19.4. The van der Waals surface area contributed by atoms with Crippen LogP contribution in [0.1, 0.15) is 50.7 Å². The predicted octanol–water partition coefficient (Wildman–Crippen LogP) is 3.55. The number of guanidine groups is 1. The first-order chi connectivity index (χ1) is 13.3. The lowest BCUT2D eigenvalue weighted by molar-refractivity contribution is -0.137. The zero-order chi connectivity index (χ0) is 20.6. The monoisotopic (exact) mass is 398 g/mol. The third kappa shape index (κ3) is 6.73. The lowest BCUT2D eigenvalue weighted by Crippen LogP contribution is -2.44. The van der Waals surface area contributed by atoms with Crippen molar-refractivity contribution >= 4 is 11.9 Å². The van der Waals surface area contributed by atoms with Gasteiger partial charge in [0.15, 0.2) is 5.96 Å². The molecule has 156 valence electrons. The maximum absolute atomic E-state index is 12.6. The van der Waals surface area contributed by atoms with Gasteiger partial charge in [0.25, 0.3) is 0 Å². The first-order valence-corrected chi connectivity index (χ1v) is 9.79. The van der Waals surface area contributed by atoms with Gasteiger partial charge in [-0.05, 0) is 50.8 Å². The van der Waals surface area contributed by atoms with Crippen molar-refractivity contribution < 1.29 is 18.0 Å². The van der Waals surface area contributed by atoms with Gasteiger partial charge in [0, 0.05) is 32.1 Å². The molecule has 0 aliphatic carbocycles. The second-order valence-corrected chi connectivity index (χ2v) is 7.00. The van der Waals surface area contributed by atoms with Crippen LogP contribution < -0.4 is 10.6 Å². The van der Waals surface area contributed by atoms with Crippen molar-refractivity contribution in [2.24, 2.45) is 4.99 Å². The van der Waals surface area contributed by atoms with E-state index >= 15 is 0 Å². The Balaban J connectivity index is 1.85. The summed E-state index contributed by atoms with van der Waals surface area (Å²) in [5.74, 6) is 0.681. The molecule has 2 N–H and O–H groups in total. The van der Waals surface area contributed by atoms with Crippen LogP contribution in [0.3, 0.4) is 0 Å². The summed E-state index contributed by atoms with van der Waals surface area (Å²) in [6.07, 6.45) is -0.673. The summed E-state index contributed by atoms with van der Waals surface area (Å²) in [6.45, 7) is 6.19. The number of carbonyl (C=O) groups excluding carboxylic acids is 1.